The SMILES string of the molecule is CCOC(=O)Cc1cc(F)c(C(F)F)nc1I. The molecular weight excluding hydrogens is 350 g/mol. The molecule has 0 spiro atoms. The second-order valence-electron chi connectivity index (χ2n) is 3.09. The van der Waals surface area contributed by atoms with Crippen molar-refractivity contribution in [2.24, 2.45) is 0 Å². The van der Waals surface area contributed by atoms with E-state index in [-0.39, 0.29) is 22.3 Å². The minimum absolute atomic E-state index is 0.173. The highest BCUT2D eigenvalue weighted by Gasteiger charge is 2.19. The molecule has 0 aliphatic rings. The molecule has 17 heavy (non-hydrogen) atoms. The number of aromatic nitrogens is 1. The van der Waals surface area contributed by atoms with Gasteiger partial charge in [0.2, 0.25) is 0 Å². The Kier molecular flexibility index (Phi) is 5.16. The molecule has 1 aromatic heterocycles. The Morgan fingerprint density at radius 1 is 1.59 bits per heavy atom. The van der Waals surface area contributed by atoms with Crippen LogP contribution < -0.4 is 0 Å². The highest BCUT2D eigenvalue weighted by molar-refractivity contribution is 14.1. The van der Waals surface area contributed by atoms with E-state index in [2.05, 4.69) is 9.72 Å². The quantitative estimate of drug-likeness (QED) is 0.472. The lowest BCUT2D eigenvalue weighted by atomic mass is 10.2. The number of halogens is 4. The lowest BCUT2D eigenvalue weighted by Crippen LogP contribution is -2.11. The van der Waals surface area contributed by atoms with Gasteiger partial charge in [-0.25, -0.2) is 18.2 Å². The van der Waals surface area contributed by atoms with Gasteiger partial charge in [-0.2, -0.15) is 0 Å². The van der Waals surface area contributed by atoms with Gasteiger partial charge in [-0.3, -0.25) is 4.79 Å². The molecule has 0 saturated heterocycles. The highest BCUT2D eigenvalue weighted by Crippen LogP contribution is 2.23. The second kappa shape index (κ2) is 6.18. The summed E-state index contributed by atoms with van der Waals surface area (Å²) in [6.45, 7) is 1.85. The molecule has 94 valence electrons. The van der Waals surface area contributed by atoms with Crippen LogP contribution in [0.5, 0.6) is 0 Å². The third-order valence-corrected chi connectivity index (χ3v) is 2.81. The first-order chi connectivity index (χ1) is 7.95. The molecule has 0 atom stereocenters. The Morgan fingerprint density at radius 3 is 2.76 bits per heavy atom. The zero-order valence-electron chi connectivity index (χ0n) is 8.84. The van der Waals surface area contributed by atoms with E-state index in [4.69, 9.17) is 0 Å². The molecule has 1 heterocycles. The van der Waals surface area contributed by atoms with Crippen molar-refractivity contribution in [1.29, 1.82) is 0 Å². The highest BCUT2D eigenvalue weighted by atomic mass is 127. The predicted octanol–water partition coefficient (Wildman–Crippen LogP) is 2.87. The molecule has 1 rings (SSSR count). The molecule has 0 aliphatic carbocycles. The van der Waals surface area contributed by atoms with Crippen LogP contribution >= 0.6 is 22.6 Å². The lowest BCUT2D eigenvalue weighted by molar-refractivity contribution is -0.142. The first kappa shape index (κ1) is 14.2. The molecule has 0 saturated carbocycles. The van der Waals surface area contributed by atoms with E-state index in [9.17, 15) is 18.0 Å². The minimum atomic E-state index is -2.97. The van der Waals surface area contributed by atoms with Crippen molar-refractivity contribution in [3.63, 3.8) is 0 Å². The van der Waals surface area contributed by atoms with Crippen LogP contribution in [-0.2, 0) is 16.0 Å². The van der Waals surface area contributed by atoms with Gasteiger partial charge in [0.15, 0.2) is 5.82 Å². The predicted molar refractivity (Wildman–Crippen MR) is 62.2 cm³/mol. The Balaban J connectivity index is 2.95. The number of hydrogen-bond acceptors (Lipinski definition) is 3. The molecule has 7 heteroatoms. The number of ether oxygens (including phenoxy) is 1. The summed E-state index contributed by atoms with van der Waals surface area (Å²) in [7, 11) is 0. The van der Waals surface area contributed by atoms with Crippen LogP contribution in [-0.4, -0.2) is 17.6 Å². The van der Waals surface area contributed by atoms with E-state index in [1.807, 2.05) is 0 Å². The molecule has 0 unspecified atom stereocenters. The molecule has 0 aliphatic heterocycles. The Morgan fingerprint density at radius 2 is 2.24 bits per heavy atom. The largest absolute Gasteiger partial charge is 0.466 e. The van der Waals surface area contributed by atoms with Crippen molar-refractivity contribution < 1.29 is 22.7 Å². The summed E-state index contributed by atoms with van der Waals surface area (Å²) in [6, 6.07) is 0.896. The standard InChI is InChI=1S/C10H9F3INO2/c1-2-17-7(16)4-5-3-6(11)8(9(12)13)15-10(5)14/h3,9H,2,4H2,1H3. The van der Waals surface area contributed by atoms with Crippen molar-refractivity contribution in [2.45, 2.75) is 19.8 Å². The zero-order valence-corrected chi connectivity index (χ0v) is 11.0. The van der Waals surface area contributed by atoms with Gasteiger partial charge in [-0.1, -0.05) is 0 Å². The molecule has 0 radical (unpaired) electrons. The number of carbonyl (C=O) groups excluding carboxylic acids is 1. The number of hydrogen-bond donors (Lipinski definition) is 0. The van der Waals surface area contributed by atoms with Gasteiger partial charge in [0.25, 0.3) is 6.43 Å². The topological polar surface area (TPSA) is 39.2 Å². The summed E-state index contributed by atoms with van der Waals surface area (Å²) in [4.78, 5) is 14.6. The monoisotopic (exact) mass is 359 g/mol. The number of nitrogens with zero attached hydrogens (tertiary/aromatic N) is 1. The number of rotatable bonds is 4. The fourth-order valence-electron chi connectivity index (χ4n) is 1.16. The van der Waals surface area contributed by atoms with E-state index in [1.165, 1.54) is 0 Å². The molecular formula is C10H9F3INO2. The fraction of sp³-hybridized carbons (Fsp3) is 0.400. The summed E-state index contributed by atoms with van der Waals surface area (Å²) in [5.74, 6) is -1.66. The molecule has 3 nitrogen and oxygen atoms in total. The molecule has 0 aromatic carbocycles. The van der Waals surface area contributed by atoms with Gasteiger partial charge in [0.05, 0.1) is 13.0 Å². The molecule has 0 amide bonds. The van der Waals surface area contributed by atoms with Crippen molar-refractivity contribution in [1.82, 2.24) is 4.98 Å². The number of carbonyl (C=O) groups is 1. The molecule has 0 fully saturated rings. The molecule has 1 aromatic rings. The summed E-state index contributed by atoms with van der Waals surface area (Å²) in [5.41, 5.74) is -0.659. The van der Waals surface area contributed by atoms with Gasteiger partial charge >= 0.3 is 5.97 Å². The van der Waals surface area contributed by atoms with Crippen LogP contribution in [0.4, 0.5) is 13.2 Å². The third-order valence-electron chi connectivity index (χ3n) is 1.88. The summed E-state index contributed by atoms with van der Waals surface area (Å²) < 4.78 is 42.7. The van der Waals surface area contributed by atoms with E-state index in [0.29, 0.717) is 0 Å². The van der Waals surface area contributed by atoms with Gasteiger partial charge in [-0.05, 0) is 41.1 Å². The van der Waals surface area contributed by atoms with E-state index < -0.39 is 23.9 Å². The van der Waals surface area contributed by atoms with Gasteiger partial charge in [-0.15, -0.1) is 0 Å². The third kappa shape index (κ3) is 3.83. The van der Waals surface area contributed by atoms with Crippen LogP contribution in [0.15, 0.2) is 6.07 Å². The average molecular weight is 359 g/mol. The first-order valence-electron chi connectivity index (χ1n) is 4.74. The first-order valence-corrected chi connectivity index (χ1v) is 5.82. The van der Waals surface area contributed by atoms with Crippen LogP contribution in [0.1, 0.15) is 24.6 Å². The van der Waals surface area contributed by atoms with Crippen molar-refractivity contribution in [3.05, 3.63) is 26.8 Å². The van der Waals surface area contributed by atoms with E-state index in [1.54, 1.807) is 29.5 Å². The van der Waals surface area contributed by atoms with Gasteiger partial charge in [0, 0.05) is 0 Å². The second-order valence-corrected chi connectivity index (χ2v) is 4.11. The van der Waals surface area contributed by atoms with E-state index in [0.717, 1.165) is 6.07 Å². The average Bonchev–Trinajstić information content (AvgIpc) is 2.22. The Bertz CT molecular complexity index is 426. The normalized spacial score (nSPS) is 10.7. The van der Waals surface area contributed by atoms with E-state index >= 15 is 0 Å². The lowest BCUT2D eigenvalue weighted by Gasteiger charge is -2.07. The smallest absolute Gasteiger partial charge is 0.310 e. The number of esters is 1. The fourth-order valence-corrected chi connectivity index (χ4v) is 1.77. The van der Waals surface area contributed by atoms with Crippen molar-refractivity contribution in [3.8, 4) is 0 Å². The summed E-state index contributed by atoms with van der Waals surface area (Å²) in [5, 5.41) is 0. The van der Waals surface area contributed by atoms with Crippen molar-refractivity contribution >= 4 is 28.6 Å². The summed E-state index contributed by atoms with van der Waals surface area (Å²) >= 11 is 1.68. The maximum absolute atomic E-state index is 13.2. The Labute approximate surface area is 110 Å². The number of alkyl halides is 2. The van der Waals surface area contributed by atoms with Gasteiger partial charge < -0.3 is 4.74 Å². The summed E-state index contributed by atoms with van der Waals surface area (Å²) in [6.07, 6.45) is -3.15. The minimum Gasteiger partial charge on any atom is -0.466 e. The van der Waals surface area contributed by atoms with Crippen molar-refractivity contribution in [2.75, 3.05) is 6.61 Å². The van der Waals surface area contributed by atoms with Crippen LogP contribution in [0.3, 0.4) is 0 Å². The van der Waals surface area contributed by atoms with Crippen LogP contribution in [0.25, 0.3) is 0 Å². The zero-order chi connectivity index (χ0) is 13.0. The van der Waals surface area contributed by atoms with Crippen LogP contribution in [0, 0.1) is 9.52 Å². The maximum atomic E-state index is 13.2. The van der Waals surface area contributed by atoms with Gasteiger partial charge in [0.1, 0.15) is 9.39 Å². The molecule has 0 N–H and O–H groups in total. The van der Waals surface area contributed by atoms with Crippen LogP contribution in [0.2, 0.25) is 0 Å². The Hall–Kier alpha value is -0.860. The maximum Gasteiger partial charge on any atom is 0.310 e. The number of pyridine rings is 1. The molecule has 0 bridgehead atoms.